The lowest BCUT2D eigenvalue weighted by Crippen LogP contribution is -2.24. The number of pyridine rings is 1. The van der Waals surface area contributed by atoms with Crippen LogP contribution in [-0.4, -0.2) is 37.2 Å². The molecular weight excluding hydrogens is 218 g/mol. The van der Waals surface area contributed by atoms with Gasteiger partial charge in [0.15, 0.2) is 0 Å². The standard InChI is InChI=1S/C12H17N3O2/c1-17-12(16)11-8-10(4-5-15-11)14-7-6-13-9-2-3-9/h4-5,8-9,13H,2-3,6-7H2,1H3,(H,14,15). The Hall–Kier alpha value is -1.62. The Kier molecular flexibility index (Phi) is 3.93. The first-order valence-corrected chi connectivity index (χ1v) is 5.81. The Morgan fingerprint density at radius 1 is 1.53 bits per heavy atom. The molecule has 1 aliphatic carbocycles. The third-order valence-corrected chi connectivity index (χ3v) is 2.62. The lowest BCUT2D eigenvalue weighted by Gasteiger charge is -2.07. The second kappa shape index (κ2) is 5.63. The minimum Gasteiger partial charge on any atom is -0.464 e. The molecular formula is C12H17N3O2. The lowest BCUT2D eigenvalue weighted by molar-refractivity contribution is 0.0594. The third-order valence-electron chi connectivity index (χ3n) is 2.62. The molecule has 2 N–H and O–H groups in total. The average molecular weight is 235 g/mol. The highest BCUT2D eigenvalue weighted by atomic mass is 16.5. The highest BCUT2D eigenvalue weighted by Gasteiger charge is 2.19. The van der Waals surface area contributed by atoms with E-state index >= 15 is 0 Å². The summed E-state index contributed by atoms with van der Waals surface area (Å²) in [5.74, 6) is -0.412. The van der Waals surface area contributed by atoms with Gasteiger partial charge >= 0.3 is 5.97 Å². The summed E-state index contributed by atoms with van der Waals surface area (Å²) >= 11 is 0. The molecule has 1 aromatic rings. The lowest BCUT2D eigenvalue weighted by atomic mass is 10.3. The van der Waals surface area contributed by atoms with E-state index in [4.69, 9.17) is 0 Å². The number of hydrogen-bond donors (Lipinski definition) is 2. The maximum Gasteiger partial charge on any atom is 0.356 e. The van der Waals surface area contributed by atoms with Gasteiger partial charge in [-0.25, -0.2) is 9.78 Å². The minimum absolute atomic E-state index is 0.327. The normalized spacial score (nSPS) is 14.4. The number of carbonyl (C=O) groups excluding carboxylic acids is 1. The molecule has 0 saturated heterocycles. The van der Waals surface area contributed by atoms with E-state index < -0.39 is 5.97 Å². The van der Waals surface area contributed by atoms with Gasteiger partial charge in [0.25, 0.3) is 0 Å². The fraction of sp³-hybridized carbons (Fsp3) is 0.500. The van der Waals surface area contributed by atoms with E-state index in [2.05, 4.69) is 20.4 Å². The zero-order chi connectivity index (χ0) is 12.1. The van der Waals surface area contributed by atoms with Gasteiger partial charge in [0.05, 0.1) is 7.11 Å². The van der Waals surface area contributed by atoms with Crippen molar-refractivity contribution in [2.24, 2.45) is 0 Å². The number of carbonyl (C=O) groups is 1. The zero-order valence-electron chi connectivity index (χ0n) is 9.90. The highest BCUT2D eigenvalue weighted by Crippen LogP contribution is 2.18. The second-order valence-electron chi connectivity index (χ2n) is 4.08. The molecule has 0 atom stereocenters. The van der Waals surface area contributed by atoms with Crippen LogP contribution >= 0.6 is 0 Å². The van der Waals surface area contributed by atoms with Gasteiger partial charge in [-0.3, -0.25) is 0 Å². The molecule has 17 heavy (non-hydrogen) atoms. The Bertz CT molecular complexity index is 391. The van der Waals surface area contributed by atoms with Crippen LogP contribution in [0.3, 0.4) is 0 Å². The molecule has 0 amide bonds. The third kappa shape index (κ3) is 3.71. The molecule has 1 aromatic heterocycles. The van der Waals surface area contributed by atoms with Crippen LogP contribution in [0.25, 0.3) is 0 Å². The molecule has 1 heterocycles. The molecule has 5 nitrogen and oxygen atoms in total. The van der Waals surface area contributed by atoms with Gasteiger partial charge in [0.1, 0.15) is 5.69 Å². The van der Waals surface area contributed by atoms with E-state index in [0.717, 1.165) is 24.8 Å². The van der Waals surface area contributed by atoms with Crippen molar-refractivity contribution >= 4 is 11.7 Å². The number of nitrogens with zero attached hydrogens (tertiary/aromatic N) is 1. The molecule has 92 valence electrons. The van der Waals surface area contributed by atoms with Crippen molar-refractivity contribution in [2.75, 3.05) is 25.5 Å². The Labute approximate surface area is 101 Å². The fourth-order valence-electron chi connectivity index (χ4n) is 1.53. The molecule has 0 spiro atoms. The summed E-state index contributed by atoms with van der Waals surface area (Å²) < 4.78 is 4.62. The van der Waals surface area contributed by atoms with Gasteiger partial charge in [-0.1, -0.05) is 0 Å². The summed E-state index contributed by atoms with van der Waals surface area (Å²) in [6.45, 7) is 1.77. The highest BCUT2D eigenvalue weighted by molar-refractivity contribution is 5.88. The summed E-state index contributed by atoms with van der Waals surface area (Å²) in [7, 11) is 1.35. The number of anilines is 1. The van der Waals surface area contributed by atoms with Gasteiger partial charge in [-0.05, 0) is 25.0 Å². The van der Waals surface area contributed by atoms with Crippen molar-refractivity contribution < 1.29 is 9.53 Å². The van der Waals surface area contributed by atoms with Crippen LogP contribution < -0.4 is 10.6 Å². The molecule has 0 bridgehead atoms. The van der Waals surface area contributed by atoms with Crippen molar-refractivity contribution in [2.45, 2.75) is 18.9 Å². The first kappa shape index (κ1) is 11.9. The number of hydrogen-bond acceptors (Lipinski definition) is 5. The van der Waals surface area contributed by atoms with Crippen molar-refractivity contribution in [3.8, 4) is 0 Å². The number of methoxy groups -OCH3 is 1. The number of esters is 1. The van der Waals surface area contributed by atoms with Crippen LogP contribution in [-0.2, 0) is 4.74 Å². The molecule has 0 radical (unpaired) electrons. The van der Waals surface area contributed by atoms with Crippen LogP contribution in [0, 0.1) is 0 Å². The fourth-order valence-corrected chi connectivity index (χ4v) is 1.53. The Morgan fingerprint density at radius 3 is 3.06 bits per heavy atom. The second-order valence-corrected chi connectivity index (χ2v) is 4.08. The molecule has 1 fully saturated rings. The first-order chi connectivity index (χ1) is 8.29. The summed E-state index contributed by atoms with van der Waals surface area (Å²) in [5, 5.41) is 6.64. The maximum atomic E-state index is 11.3. The van der Waals surface area contributed by atoms with Gasteiger partial charge in [0, 0.05) is 31.0 Å². The van der Waals surface area contributed by atoms with Crippen LogP contribution in [0.5, 0.6) is 0 Å². The quantitative estimate of drug-likeness (QED) is 0.569. The van der Waals surface area contributed by atoms with E-state index in [9.17, 15) is 4.79 Å². The summed E-state index contributed by atoms with van der Waals surface area (Å²) in [4.78, 5) is 15.2. The monoisotopic (exact) mass is 235 g/mol. The van der Waals surface area contributed by atoms with Crippen molar-refractivity contribution in [1.29, 1.82) is 0 Å². The van der Waals surface area contributed by atoms with E-state index in [1.165, 1.54) is 20.0 Å². The number of nitrogens with one attached hydrogen (secondary N) is 2. The molecule has 2 rings (SSSR count). The van der Waals surface area contributed by atoms with E-state index in [0.29, 0.717) is 5.69 Å². The number of aromatic nitrogens is 1. The molecule has 5 heteroatoms. The van der Waals surface area contributed by atoms with Gasteiger partial charge in [-0.2, -0.15) is 0 Å². The van der Waals surface area contributed by atoms with Gasteiger partial charge in [-0.15, -0.1) is 0 Å². The van der Waals surface area contributed by atoms with Crippen LogP contribution in [0.4, 0.5) is 5.69 Å². The van der Waals surface area contributed by atoms with Crippen LogP contribution in [0.2, 0.25) is 0 Å². The minimum atomic E-state index is -0.412. The predicted molar refractivity (Wildman–Crippen MR) is 65.1 cm³/mol. The summed E-state index contributed by atoms with van der Waals surface area (Å²) in [5.41, 5.74) is 1.21. The number of rotatable bonds is 6. The van der Waals surface area contributed by atoms with E-state index in [1.54, 1.807) is 12.3 Å². The van der Waals surface area contributed by atoms with Crippen molar-refractivity contribution in [3.63, 3.8) is 0 Å². The molecule has 0 aliphatic heterocycles. The van der Waals surface area contributed by atoms with Crippen LogP contribution in [0.15, 0.2) is 18.3 Å². The van der Waals surface area contributed by atoms with E-state index in [-0.39, 0.29) is 0 Å². The summed E-state index contributed by atoms with van der Waals surface area (Å²) in [6, 6.07) is 4.26. The predicted octanol–water partition coefficient (Wildman–Crippen LogP) is 1.03. The first-order valence-electron chi connectivity index (χ1n) is 5.81. The topological polar surface area (TPSA) is 63.2 Å². The molecule has 1 saturated carbocycles. The van der Waals surface area contributed by atoms with Crippen molar-refractivity contribution in [1.82, 2.24) is 10.3 Å². The smallest absolute Gasteiger partial charge is 0.356 e. The molecule has 1 aliphatic rings. The zero-order valence-corrected chi connectivity index (χ0v) is 9.90. The number of ether oxygens (including phenoxy) is 1. The molecule has 0 aromatic carbocycles. The van der Waals surface area contributed by atoms with Crippen molar-refractivity contribution in [3.05, 3.63) is 24.0 Å². The van der Waals surface area contributed by atoms with E-state index in [1.807, 2.05) is 6.07 Å². The average Bonchev–Trinajstić information content (AvgIpc) is 3.18. The van der Waals surface area contributed by atoms with Gasteiger partial charge < -0.3 is 15.4 Å². The SMILES string of the molecule is COC(=O)c1cc(NCCNC2CC2)ccn1. The van der Waals surface area contributed by atoms with Crippen LogP contribution in [0.1, 0.15) is 23.3 Å². The Morgan fingerprint density at radius 2 is 2.35 bits per heavy atom. The Balaban J connectivity index is 1.80. The maximum absolute atomic E-state index is 11.3. The summed E-state index contributed by atoms with van der Waals surface area (Å²) in [6.07, 6.45) is 4.19. The largest absolute Gasteiger partial charge is 0.464 e. The van der Waals surface area contributed by atoms with Gasteiger partial charge in [0.2, 0.25) is 0 Å². The molecule has 0 unspecified atom stereocenters.